The summed E-state index contributed by atoms with van der Waals surface area (Å²) >= 11 is 0. The SMILES string of the molecule is CCCC(NC(C)C(=O)N1C(C(=O)OCc2c(OC)cc(OC)cc2OC)CC2CCCCC21)C(=O)OCC. The Morgan fingerprint density at radius 1 is 1.00 bits per heavy atom. The Hall–Kier alpha value is -3.01. The summed E-state index contributed by atoms with van der Waals surface area (Å²) in [6.45, 7) is 5.69. The highest BCUT2D eigenvalue weighted by atomic mass is 16.5. The van der Waals surface area contributed by atoms with Crippen LogP contribution in [0.3, 0.4) is 0 Å². The fourth-order valence-electron chi connectivity index (χ4n) is 5.84. The number of ether oxygens (including phenoxy) is 5. The Morgan fingerprint density at radius 2 is 1.67 bits per heavy atom. The van der Waals surface area contributed by atoms with E-state index < -0.39 is 24.1 Å². The van der Waals surface area contributed by atoms with Crippen LogP contribution < -0.4 is 19.5 Å². The van der Waals surface area contributed by atoms with Gasteiger partial charge in [-0.25, -0.2) is 4.79 Å². The van der Waals surface area contributed by atoms with Crippen molar-refractivity contribution in [2.75, 3.05) is 27.9 Å². The minimum absolute atomic E-state index is 0.0228. The van der Waals surface area contributed by atoms with E-state index in [1.54, 1.807) is 38.0 Å². The first kappa shape index (κ1) is 30.5. The second-order valence-electron chi connectivity index (χ2n) is 10.2. The van der Waals surface area contributed by atoms with Crippen LogP contribution in [0.5, 0.6) is 17.2 Å². The lowest BCUT2D eigenvalue weighted by Crippen LogP contribution is -2.55. The number of fused-ring (bicyclic) bond motifs is 1. The highest BCUT2D eigenvalue weighted by Gasteiger charge is 2.49. The molecule has 1 aliphatic carbocycles. The van der Waals surface area contributed by atoms with Crippen LogP contribution in [0.25, 0.3) is 0 Å². The van der Waals surface area contributed by atoms with E-state index in [-0.39, 0.29) is 37.0 Å². The van der Waals surface area contributed by atoms with E-state index in [0.29, 0.717) is 35.7 Å². The molecule has 0 radical (unpaired) electrons. The summed E-state index contributed by atoms with van der Waals surface area (Å²) in [4.78, 5) is 41.5. The molecule has 5 unspecified atom stereocenters. The maximum atomic E-state index is 13.8. The van der Waals surface area contributed by atoms with Crippen LogP contribution in [0.1, 0.15) is 71.3 Å². The molecule has 1 aliphatic heterocycles. The summed E-state index contributed by atoms with van der Waals surface area (Å²) in [6, 6.07) is 1.44. The zero-order chi connectivity index (χ0) is 28.5. The van der Waals surface area contributed by atoms with E-state index in [1.165, 1.54) is 14.2 Å². The third-order valence-electron chi connectivity index (χ3n) is 7.76. The molecule has 1 N–H and O–H groups in total. The number of hydrogen-bond donors (Lipinski definition) is 1. The first-order chi connectivity index (χ1) is 18.8. The highest BCUT2D eigenvalue weighted by molar-refractivity contribution is 5.89. The third kappa shape index (κ3) is 7.15. The van der Waals surface area contributed by atoms with Crippen molar-refractivity contribution < 1.29 is 38.1 Å². The summed E-state index contributed by atoms with van der Waals surface area (Å²) in [5.41, 5.74) is 0.578. The Bertz CT molecular complexity index is 974. The number of carbonyl (C=O) groups is 3. The van der Waals surface area contributed by atoms with Crippen molar-refractivity contribution in [3.05, 3.63) is 17.7 Å². The smallest absolute Gasteiger partial charge is 0.329 e. The second-order valence-corrected chi connectivity index (χ2v) is 10.2. The quantitative estimate of drug-likeness (QED) is 0.369. The van der Waals surface area contributed by atoms with E-state index in [2.05, 4.69) is 5.32 Å². The summed E-state index contributed by atoms with van der Waals surface area (Å²) < 4.78 is 27.3. The second kappa shape index (κ2) is 14.4. The number of benzene rings is 1. The molecule has 1 aromatic carbocycles. The van der Waals surface area contributed by atoms with Gasteiger partial charge in [0.05, 0.1) is 39.5 Å². The Labute approximate surface area is 231 Å². The summed E-state index contributed by atoms with van der Waals surface area (Å²) in [5, 5.41) is 3.17. The third-order valence-corrected chi connectivity index (χ3v) is 7.76. The van der Waals surface area contributed by atoms with Crippen LogP contribution in [-0.2, 0) is 30.5 Å². The van der Waals surface area contributed by atoms with E-state index in [0.717, 1.165) is 32.1 Å². The van der Waals surface area contributed by atoms with Crippen molar-refractivity contribution in [3.8, 4) is 17.2 Å². The van der Waals surface area contributed by atoms with Crippen molar-refractivity contribution in [2.24, 2.45) is 5.92 Å². The van der Waals surface area contributed by atoms with E-state index >= 15 is 0 Å². The number of esters is 2. The van der Waals surface area contributed by atoms with Crippen molar-refractivity contribution in [3.63, 3.8) is 0 Å². The molecular weight excluding hydrogens is 504 g/mol. The van der Waals surface area contributed by atoms with Gasteiger partial charge in [-0.3, -0.25) is 14.9 Å². The molecule has 1 saturated heterocycles. The maximum Gasteiger partial charge on any atom is 0.329 e. The van der Waals surface area contributed by atoms with Gasteiger partial charge in [0.25, 0.3) is 0 Å². The summed E-state index contributed by atoms with van der Waals surface area (Å²) in [7, 11) is 4.60. The first-order valence-electron chi connectivity index (χ1n) is 14.0. The van der Waals surface area contributed by atoms with Gasteiger partial charge >= 0.3 is 11.9 Å². The highest BCUT2D eigenvalue weighted by Crippen LogP contribution is 2.41. The number of carbonyl (C=O) groups excluding carboxylic acids is 3. The Kier molecular flexibility index (Phi) is 11.3. The topological polar surface area (TPSA) is 113 Å². The van der Waals surface area contributed by atoms with Gasteiger partial charge in [-0.2, -0.15) is 0 Å². The zero-order valence-corrected chi connectivity index (χ0v) is 24.1. The van der Waals surface area contributed by atoms with Gasteiger partial charge in [0.1, 0.15) is 35.9 Å². The number of hydrogen-bond acceptors (Lipinski definition) is 9. The van der Waals surface area contributed by atoms with E-state index in [4.69, 9.17) is 23.7 Å². The van der Waals surface area contributed by atoms with Gasteiger partial charge in [-0.15, -0.1) is 0 Å². The molecule has 39 heavy (non-hydrogen) atoms. The molecule has 1 saturated carbocycles. The Balaban J connectivity index is 1.79. The molecule has 1 amide bonds. The molecule has 10 heteroatoms. The first-order valence-corrected chi connectivity index (χ1v) is 14.0. The predicted octanol–water partition coefficient (Wildman–Crippen LogP) is 3.63. The monoisotopic (exact) mass is 548 g/mol. The van der Waals surface area contributed by atoms with Crippen LogP contribution in [0.4, 0.5) is 0 Å². The molecule has 1 aromatic rings. The van der Waals surface area contributed by atoms with Gasteiger partial charge in [-0.05, 0) is 45.4 Å². The summed E-state index contributed by atoms with van der Waals surface area (Å²) in [6.07, 6.45) is 5.80. The number of nitrogens with zero attached hydrogens (tertiary/aromatic N) is 1. The molecule has 2 aliphatic rings. The molecule has 0 spiro atoms. The molecule has 0 aromatic heterocycles. The van der Waals surface area contributed by atoms with Crippen molar-refractivity contribution in [1.29, 1.82) is 0 Å². The molecule has 218 valence electrons. The molecule has 1 heterocycles. The Morgan fingerprint density at radius 3 is 2.26 bits per heavy atom. The fraction of sp³-hybridized carbons (Fsp3) is 0.690. The van der Waals surface area contributed by atoms with Gasteiger partial charge in [-0.1, -0.05) is 26.2 Å². The average Bonchev–Trinajstić information content (AvgIpc) is 3.34. The number of amides is 1. The fourth-order valence-corrected chi connectivity index (χ4v) is 5.84. The molecule has 2 fully saturated rings. The number of methoxy groups -OCH3 is 3. The van der Waals surface area contributed by atoms with Gasteiger partial charge < -0.3 is 28.6 Å². The zero-order valence-electron chi connectivity index (χ0n) is 24.1. The number of likely N-dealkylation sites (tertiary alicyclic amines) is 1. The van der Waals surface area contributed by atoms with Gasteiger partial charge in [0.15, 0.2) is 0 Å². The lowest BCUT2D eigenvalue weighted by molar-refractivity contribution is -0.157. The van der Waals surface area contributed by atoms with Gasteiger partial charge in [0.2, 0.25) is 5.91 Å². The van der Waals surface area contributed by atoms with Crippen molar-refractivity contribution in [1.82, 2.24) is 10.2 Å². The molecular formula is C29H44N2O8. The van der Waals surface area contributed by atoms with Crippen LogP contribution in [0.2, 0.25) is 0 Å². The van der Waals surface area contributed by atoms with Crippen molar-refractivity contribution in [2.45, 2.75) is 96.5 Å². The molecule has 10 nitrogen and oxygen atoms in total. The molecule has 0 bridgehead atoms. The van der Waals surface area contributed by atoms with Crippen LogP contribution >= 0.6 is 0 Å². The maximum absolute atomic E-state index is 13.8. The minimum atomic E-state index is -0.697. The number of rotatable bonds is 13. The standard InChI is InChI=1S/C29H44N2O8/c1-7-11-22(28(33)38-8-2)30-18(3)27(32)31-23-13-10-9-12-19(23)14-24(31)29(34)39-17-21-25(36-5)15-20(35-4)16-26(21)37-6/h15-16,18-19,22-24,30H,7-14,17H2,1-6H3. The predicted molar refractivity (Wildman–Crippen MR) is 145 cm³/mol. The van der Waals surface area contributed by atoms with Crippen LogP contribution in [0.15, 0.2) is 12.1 Å². The largest absolute Gasteiger partial charge is 0.496 e. The van der Waals surface area contributed by atoms with E-state index in [1.807, 2.05) is 6.92 Å². The van der Waals surface area contributed by atoms with Crippen LogP contribution in [0, 0.1) is 5.92 Å². The normalized spacial score (nSPS) is 21.9. The van der Waals surface area contributed by atoms with Gasteiger partial charge in [0, 0.05) is 18.2 Å². The summed E-state index contributed by atoms with van der Waals surface area (Å²) in [5.74, 6) is 0.734. The van der Waals surface area contributed by atoms with E-state index in [9.17, 15) is 14.4 Å². The molecule has 3 rings (SSSR count). The van der Waals surface area contributed by atoms with Crippen LogP contribution in [-0.4, -0.2) is 74.8 Å². The lowest BCUT2D eigenvalue weighted by atomic mass is 9.84. The average molecular weight is 549 g/mol. The van der Waals surface area contributed by atoms with Crippen molar-refractivity contribution >= 4 is 17.8 Å². The molecule has 5 atom stereocenters. The number of nitrogens with one attached hydrogen (secondary N) is 1. The lowest BCUT2D eigenvalue weighted by Gasteiger charge is -2.35. The minimum Gasteiger partial charge on any atom is -0.496 e.